The summed E-state index contributed by atoms with van der Waals surface area (Å²) in [4.78, 5) is 13.7. The lowest BCUT2D eigenvalue weighted by Gasteiger charge is -2.25. The highest BCUT2D eigenvalue weighted by molar-refractivity contribution is 5.89. The molecule has 1 saturated carbocycles. The molecule has 0 radical (unpaired) electrons. The van der Waals surface area contributed by atoms with Crippen molar-refractivity contribution in [1.82, 2.24) is 0 Å². The van der Waals surface area contributed by atoms with Gasteiger partial charge in [0, 0.05) is 12.8 Å². The summed E-state index contributed by atoms with van der Waals surface area (Å²) < 4.78 is 10.4. The maximum Gasteiger partial charge on any atom is 0.414 e. The van der Waals surface area contributed by atoms with Gasteiger partial charge in [0.05, 0.1) is 13.2 Å². The zero-order chi connectivity index (χ0) is 17.1. The fourth-order valence-electron chi connectivity index (χ4n) is 3.73. The van der Waals surface area contributed by atoms with E-state index >= 15 is 0 Å². The highest BCUT2D eigenvalue weighted by Gasteiger charge is 2.32. The Hall–Kier alpha value is -1.81. The van der Waals surface area contributed by atoms with E-state index < -0.39 is 0 Å². The monoisotopic (exact) mass is 329 g/mol. The van der Waals surface area contributed by atoms with Crippen LogP contribution < -0.4 is 4.90 Å². The van der Waals surface area contributed by atoms with Gasteiger partial charge in [0.15, 0.2) is 0 Å². The Bertz CT molecular complexity index is 606. The van der Waals surface area contributed by atoms with Crippen LogP contribution in [-0.2, 0) is 9.47 Å². The Morgan fingerprint density at radius 2 is 1.88 bits per heavy atom. The van der Waals surface area contributed by atoms with Crippen LogP contribution >= 0.6 is 0 Å². The van der Waals surface area contributed by atoms with E-state index in [1.807, 2.05) is 12.1 Å². The third-order valence-corrected chi connectivity index (χ3v) is 5.20. The van der Waals surface area contributed by atoms with E-state index in [4.69, 9.17) is 9.47 Å². The number of hydrogen-bond donors (Lipinski definition) is 0. The van der Waals surface area contributed by atoms with Gasteiger partial charge < -0.3 is 9.47 Å². The summed E-state index contributed by atoms with van der Waals surface area (Å²) in [7, 11) is 1.62. The van der Waals surface area contributed by atoms with Crippen LogP contribution in [-0.4, -0.2) is 32.5 Å². The second-order valence-electron chi connectivity index (χ2n) is 7.04. The number of ether oxygens (including phenoxy) is 2. The fraction of sp³-hybridized carbons (Fsp3) is 0.550. The molecule has 1 saturated heterocycles. The summed E-state index contributed by atoms with van der Waals surface area (Å²) in [6.45, 7) is 5.43. The number of rotatable bonds is 4. The smallest absolute Gasteiger partial charge is 0.414 e. The number of hydrogen-bond acceptors (Lipinski definition) is 3. The molecular weight excluding hydrogens is 302 g/mol. The molecule has 1 aromatic rings. The van der Waals surface area contributed by atoms with Crippen LogP contribution in [0.5, 0.6) is 0 Å². The molecule has 2 aliphatic rings. The molecule has 0 aromatic heterocycles. The molecule has 1 heterocycles. The van der Waals surface area contributed by atoms with Crippen molar-refractivity contribution in [2.75, 3.05) is 25.2 Å². The molecule has 2 fully saturated rings. The fourth-order valence-corrected chi connectivity index (χ4v) is 3.73. The molecule has 24 heavy (non-hydrogen) atoms. The van der Waals surface area contributed by atoms with Gasteiger partial charge in [-0.25, -0.2) is 4.79 Å². The molecule has 1 unspecified atom stereocenters. The van der Waals surface area contributed by atoms with Crippen LogP contribution in [0.1, 0.15) is 51.0 Å². The van der Waals surface area contributed by atoms with Gasteiger partial charge in [-0.3, -0.25) is 4.90 Å². The first kappa shape index (κ1) is 17.0. The number of carbonyl (C=O) groups excluding carboxylic acids is 1. The third-order valence-electron chi connectivity index (χ3n) is 5.20. The maximum absolute atomic E-state index is 12.0. The molecule has 1 aromatic carbocycles. The van der Waals surface area contributed by atoms with Crippen LogP contribution in [0.25, 0.3) is 0 Å². The van der Waals surface area contributed by atoms with Crippen LogP contribution in [0.3, 0.4) is 0 Å². The number of amides is 1. The molecular formula is C20H27NO3. The van der Waals surface area contributed by atoms with Crippen molar-refractivity contribution in [3.63, 3.8) is 0 Å². The van der Waals surface area contributed by atoms with Gasteiger partial charge in [0.25, 0.3) is 0 Å². The molecule has 1 amide bonds. The van der Waals surface area contributed by atoms with E-state index in [1.54, 1.807) is 17.6 Å². The highest BCUT2D eigenvalue weighted by Crippen LogP contribution is 2.37. The van der Waals surface area contributed by atoms with Crippen molar-refractivity contribution < 1.29 is 14.3 Å². The number of methoxy groups -OCH3 is 1. The van der Waals surface area contributed by atoms with Crippen LogP contribution in [0, 0.1) is 0 Å². The van der Waals surface area contributed by atoms with Crippen molar-refractivity contribution in [3.05, 3.63) is 41.0 Å². The lowest BCUT2D eigenvalue weighted by atomic mass is 9.80. The summed E-state index contributed by atoms with van der Waals surface area (Å²) in [5.41, 5.74) is 5.41. The molecule has 4 nitrogen and oxygen atoms in total. The number of cyclic esters (lactones) is 1. The molecule has 0 bridgehead atoms. The zero-order valence-electron chi connectivity index (χ0n) is 14.9. The van der Waals surface area contributed by atoms with E-state index in [2.05, 4.69) is 26.0 Å². The first-order valence-electron chi connectivity index (χ1n) is 8.80. The van der Waals surface area contributed by atoms with Crippen LogP contribution in [0.4, 0.5) is 10.5 Å². The molecule has 130 valence electrons. The summed E-state index contributed by atoms with van der Waals surface area (Å²) in [5, 5.41) is 0. The van der Waals surface area contributed by atoms with Crippen molar-refractivity contribution in [2.45, 2.75) is 51.6 Å². The number of anilines is 1. The lowest BCUT2D eigenvalue weighted by molar-refractivity contribution is 0.0718. The summed E-state index contributed by atoms with van der Waals surface area (Å²) in [5.74, 6) is 0.633. The molecule has 0 spiro atoms. The Balaban J connectivity index is 1.64. The summed E-state index contributed by atoms with van der Waals surface area (Å²) in [6, 6.07) is 8.43. The Morgan fingerprint density at radius 1 is 1.21 bits per heavy atom. The number of benzene rings is 1. The van der Waals surface area contributed by atoms with E-state index in [-0.39, 0.29) is 12.2 Å². The zero-order valence-corrected chi connectivity index (χ0v) is 14.9. The second kappa shape index (κ2) is 7.39. The van der Waals surface area contributed by atoms with Crippen LogP contribution in [0.2, 0.25) is 0 Å². The van der Waals surface area contributed by atoms with Gasteiger partial charge in [-0.2, -0.15) is 0 Å². The Labute approximate surface area is 144 Å². The normalized spacial score (nSPS) is 24.2. The number of allylic oxidation sites excluding steroid dienone is 2. The minimum absolute atomic E-state index is 0.178. The Morgan fingerprint density at radius 3 is 2.46 bits per heavy atom. The predicted octanol–water partition coefficient (Wildman–Crippen LogP) is 4.65. The standard InChI is InChI=1S/C20H27NO3/c1-14(2)15-4-6-16(7-5-15)17-8-10-18(11-9-17)21-12-19(13-23-3)24-20(21)22/h8-11,16,19H,4-7,12-13H2,1-3H3. The molecule has 1 aliphatic carbocycles. The van der Waals surface area contributed by atoms with Gasteiger partial charge in [-0.05, 0) is 63.1 Å². The predicted molar refractivity (Wildman–Crippen MR) is 95.5 cm³/mol. The average Bonchev–Trinajstić information content (AvgIpc) is 2.96. The van der Waals surface area contributed by atoms with Gasteiger partial charge in [0.2, 0.25) is 0 Å². The first-order chi connectivity index (χ1) is 11.6. The molecule has 0 N–H and O–H groups in total. The van der Waals surface area contributed by atoms with Crippen molar-refractivity contribution in [1.29, 1.82) is 0 Å². The molecule has 1 atom stereocenters. The van der Waals surface area contributed by atoms with Crippen LogP contribution in [0.15, 0.2) is 35.4 Å². The number of carbonyl (C=O) groups is 1. The van der Waals surface area contributed by atoms with Gasteiger partial charge in [0.1, 0.15) is 6.10 Å². The molecule has 4 heteroatoms. The van der Waals surface area contributed by atoms with Crippen molar-refractivity contribution in [2.24, 2.45) is 0 Å². The van der Waals surface area contributed by atoms with E-state index in [1.165, 1.54) is 36.8 Å². The summed E-state index contributed by atoms with van der Waals surface area (Å²) >= 11 is 0. The largest absolute Gasteiger partial charge is 0.441 e. The van der Waals surface area contributed by atoms with E-state index in [9.17, 15) is 4.79 Å². The minimum atomic E-state index is -0.282. The quantitative estimate of drug-likeness (QED) is 0.755. The maximum atomic E-state index is 12.0. The minimum Gasteiger partial charge on any atom is -0.441 e. The summed E-state index contributed by atoms with van der Waals surface area (Å²) in [6.07, 6.45) is 4.42. The van der Waals surface area contributed by atoms with Gasteiger partial charge in [-0.15, -0.1) is 0 Å². The highest BCUT2D eigenvalue weighted by atomic mass is 16.6. The van der Waals surface area contributed by atoms with Crippen molar-refractivity contribution >= 4 is 11.8 Å². The SMILES string of the molecule is COCC1CN(c2ccc(C3CCC(=C(C)C)CC3)cc2)C(=O)O1. The first-order valence-corrected chi connectivity index (χ1v) is 8.80. The lowest BCUT2D eigenvalue weighted by Crippen LogP contribution is -2.25. The topological polar surface area (TPSA) is 38.8 Å². The Kier molecular flexibility index (Phi) is 5.24. The molecule has 1 aliphatic heterocycles. The third kappa shape index (κ3) is 3.64. The second-order valence-corrected chi connectivity index (χ2v) is 7.04. The molecule has 3 rings (SSSR count). The van der Waals surface area contributed by atoms with Crippen molar-refractivity contribution in [3.8, 4) is 0 Å². The van der Waals surface area contributed by atoms with E-state index in [0.29, 0.717) is 19.1 Å². The number of nitrogens with zero attached hydrogens (tertiary/aromatic N) is 1. The van der Waals surface area contributed by atoms with Gasteiger partial charge >= 0.3 is 6.09 Å². The van der Waals surface area contributed by atoms with E-state index in [0.717, 1.165) is 5.69 Å². The average molecular weight is 329 g/mol. The van der Waals surface area contributed by atoms with Gasteiger partial charge in [-0.1, -0.05) is 23.3 Å².